The normalized spacial score (nSPS) is 19.6. The Morgan fingerprint density at radius 2 is 1.67 bits per heavy atom. The van der Waals surface area contributed by atoms with E-state index in [9.17, 15) is 29.4 Å². The highest BCUT2D eigenvalue weighted by Crippen LogP contribution is 2.21. The second kappa shape index (κ2) is 13.2. The summed E-state index contributed by atoms with van der Waals surface area (Å²) in [6, 6.07) is 2.45. The number of benzene rings is 1. The number of carbonyl (C=O) groups is 4. The van der Waals surface area contributed by atoms with E-state index in [0.29, 0.717) is 31.4 Å². The molecule has 0 radical (unpaired) electrons. The summed E-state index contributed by atoms with van der Waals surface area (Å²) in [5, 5.41) is 24.5. The number of carboxylic acid groups (broad SMARTS) is 1. The average Bonchev–Trinajstić information content (AvgIpc) is 3.36. The van der Waals surface area contributed by atoms with Crippen molar-refractivity contribution in [2.24, 2.45) is 17.6 Å². The van der Waals surface area contributed by atoms with Crippen LogP contribution in [0.2, 0.25) is 0 Å². The lowest BCUT2D eigenvalue weighted by Crippen LogP contribution is -2.58. The number of phenols is 1. The molecule has 36 heavy (non-hydrogen) atoms. The molecule has 3 amide bonds. The van der Waals surface area contributed by atoms with Crippen LogP contribution in [0, 0.1) is 11.8 Å². The maximum atomic E-state index is 13.2. The minimum absolute atomic E-state index is 0.0148. The Hall–Kier alpha value is -3.14. The number of nitrogens with two attached hydrogens (primary N) is 1. The van der Waals surface area contributed by atoms with E-state index in [0.717, 1.165) is 6.42 Å². The Morgan fingerprint density at radius 3 is 2.22 bits per heavy atom. The Labute approximate surface area is 212 Å². The number of hydrogen-bond acceptors (Lipinski definition) is 6. The summed E-state index contributed by atoms with van der Waals surface area (Å²) in [6.07, 6.45) is 2.45. The van der Waals surface area contributed by atoms with Gasteiger partial charge in [0.05, 0.1) is 6.04 Å². The highest BCUT2D eigenvalue weighted by Gasteiger charge is 2.39. The summed E-state index contributed by atoms with van der Waals surface area (Å²) in [7, 11) is 0. The smallest absolute Gasteiger partial charge is 0.326 e. The van der Waals surface area contributed by atoms with Crippen molar-refractivity contribution in [1.82, 2.24) is 15.5 Å². The first-order valence-corrected chi connectivity index (χ1v) is 12.7. The van der Waals surface area contributed by atoms with Gasteiger partial charge in [-0.2, -0.15) is 0 Å². The van der Waals surface area contributed by atoms with Gasteiger partial charge in [0, 0.05) is 13.0 Å². The van der Waals surface area contributed by atoms with Crippen LogP contribution in [0.3, 0.4) is 0 Å². The SMILES string of the molecule is CCC(C)C(N)C(=O)N1CCCC1C(=O)NC(C(=O)NC(Cc1ccc(O)cc1)C(=O)O)C(C)CC. The number of rotatable bonds is 12. The van der Waals surface area contributed by atoms with Gasteiger partial charge in [0.15, 0.2) is 0 Å². The molecule has 0 aliphatic carbocycles. The highest BCUT2D eigenvalue weighted by molar-refractivity contribution is 5.94. The molecule has 1 aromatic carbocycles. The minimum atomic E-state index is -1.22. The molecule has 1 fully saturated rings. The number of aromatic hydroxyl groups is 1. The summed E-state index contributed by atoms with van der Waals surface area (Å²) >= 11 is 0. The van der Waals surface area contributed by atoms with E-state index in [-0.39, 0.29) is 29.9 Å². The summed E-state index contributed by atoms with van der Waals surface area (Å²) in [4.78, 5) is 52.7. The van der Waals surface area contributed by atoms with Crippen molar-refractivity contribution < 1.29 is 29.4 Å². The molecule has 0 spiro atoms. The van der Waals surface area contributed by atoms with Crippen LogP contribution in [-0.4, -0.2) is 69.5 Å². The molecule has 1 aliphatic rings. The van der Waals surface area contributed by atoms with Crippen LogP contribution in [0.25, 0.3) is 0 Å². The monoisotopic (exact) mass is 504 g/mol. The number of phenolic OH excluding ortho intramolecular Hbond substituents is 1. The first kappa shape index (κ1) is 29.1. The molecule has 1 saturated heterocycles. The Morgan fingerprint density at radius 1 is 1.06 bits per heavy atom. The molecule has 6 atom stereocenters. The van der Waals surface area contributed by atoms with E-state index in [1.54, 1.807) is 19.1 Å². The molecule has 1 aromatic rings. The van der Waals surface area contributed by atoms with E-state index in [2.05, 4.69) is 10.6 Å². The zero-order valence-corrected chi connectivity index (χ0v) is 21.6. The first-order valence-electron chi connectivity index (χ1n) is 12.7. The van der Waals surface area contributed by atoms with Crippen LogP contribution in [0.4, 0.5) is 0 Å². The summed E-state index contributed by atoms with van der Waals surface area (Å²) in [5.41, 5.74) is 6.76. The number of amides is 3. The fraction of sp³-hybridized carbons (Fsp3) is 0.615. The lowest BCUT2D eigenvalue weighted by atomic mass is 9.96. The van der Waals surface area contributed by atoms with Gasteiger partial charge in [-0.1, -0.05) is 52.7 Å². The van der Waals surface area contributed by atoms with Crippen LogP contribution in [-0.2, 0) is 25.6 Å². The quantitative estimate of drug-likeness (QED) is 0.287. The zero-order valence-electron chi connectivity index (χ0n) is 21.6. The van der Waals surface area contributed by atoms with E-state index in [4.69, 9.17) is 5.73 Å². The highest BCUT2D eigenvalue weighted by atomic mass is 16.4. The molecule has 6 unspecified atom stereocenters. The molecular weight excluding hydrogens is 464 g/mol. The van der Waals surface area contributed by atoms with Crippen molar-refractivity contribution >= 4 is 23.7 Å². The van der Waals surface area contributed by atoms with Gasteiger partial charge in [-0.25, -0.2) is 4.79 Å². The molecule has 10 heteroatoms. The molecular formula is C26H40N4O6. The van der Waals surface area contributed by atoms with E-state index >= 15 is 0 Å². The van der Waals surface area contributed by atoms with E-state index < -0.39 is 42.0 Å². The number of likely N-dealkylation sites (tertiary alicyclic amines) is 1. The lowest BCUT2D eigenvalue weighted by Gasteiger charge is -2.31. The Balaban J connectivity index is 2.14. The van der Waals surface area contributed by atoms with Gasteiger partial charge in [-0.15, -0.1) is 0 Å². The number of nitrogens with zero attached hydrogens (tertiary/aromatic N) is 1. The molecule has 0 saturated carbocycles. The maximum Gasteiger partial charge on any atom is 0.326 e. The Bertz CT molecular complexity index is 922. The van der Waals surface area contributed by atoms with Crippen LogP contribution < -0.4 is 16.4 Å². The third kappa shape index (κ3) is 7.43. The fourth-order valence-electron chi connectivity index (χ4n) is 4.27. The third-order valence-electron chi connectivity index (χ3n) is 7.16. The lowest BCUT2D eigenvalue weighted by molar-refractivity contribution is -0.143. The van der Waals surface area contributed by atoms with Gasteiger partial charge in [-0.3, -0.25) is 14.4 Å². The van der Waals surface area contributed by atoms with Crippen molar-refractivity contribution in [3.63, 3.8) is 0 Å². The largest absolute Gasteiger partial charge is 0.508 e. The molecule has 6 N–H and O–H groups in total. The molecule has 1 aliphatic heterocycles. The molecule has 0 aromatic heterocycles. The second-order valence-corrected chi connectivity index (χ2v) is 9.74. The van der Waals surface area contributed by atoms with E-state index in [1.165, 1.54) is 17.0 Å². The number of hydrogen-bond donors (Lipinski definition) is 5. The predicted molar refractivity (Wildman–Crippen MR) is 135 cm³/mol. The number of carbonyl (C=O) groups excluding carboxylic acids is 3. The van der Waals surface area contributed by atoms with Crippen molar-refractivity contribution in [1.29, 1.82) is 0 Å². The third-order valence-corrected chi connectivity index (χ3v) is 7.16. The van der Waals surface area contributed by atoms with Gasteiger partial charge < -0.3 is 31.5 Å². The van der Waals surface area contributed by atoms with Gasteiger partial charge in [-0.05, 0) is 42.4 Å². The van der Waals surface area contributed by atoms with Crippen molar-refractivity contribution in [2.45, 2.75) is 84.0 Å². The van der Waals surface area contributed by atoms with Gasteiger partial charge in [0.1, 0.15) is 23.9 Å². The summed E-state index contributed by atoms with van der Waals surface area (Å²) in [6.45, 7) is 7.95. The van der Waals surface area contributed by atoms with E-state index in [1.807, 2.05) is 20.8 Å². The molecule has 1 heterocycles. The summed E-state index contributed by atoms with van der Waals surface area (Å²) < 4.78 is 0. The number of carboxylic acids is 1. The maximum absolute atomic E-state index is 13.2. The molecule has 200 valence electrons. The Kier molecular flexibility index (Phi) is 10.7. The van der Waals surface area contributed by atoms with Crippen LogP contribution in [0.5, 0.6) is 5.75 Å². The number of aliphatic carboxylic acids is 1. The topological polar surface area (TPSA) is 162 Å². The summed E-state index contributed by atoms with van der Waals surface area (Å²) in [5.74, 6) is -2.77. The van der Waals surface area contributed by atoms with Gasteiger partial charge in [0.2, 0.25) is 17.7 Å². The number of nitrogens with one attached hydrogen (secondary N) is 2. The zero-order chi connectivity index (χ0) is 27.0. The predicted octanol–water partition coefficient (Wildman–Crippen LogP) is 1.40. The van der Waals surface area contributed by atoms with Gasteiger partial charge in [0.25, 0.3) is 0 Å². The first-order chi connectivity index (χ1) is 17.0. The van der Waals surface area contributed by atoms with Crippen LogP contribution in [0.1, 0.15) is 58.9 Å². The standard InChI is InChI=1S/C26H40N4O6/c1-5-15(3)21(27)25(34)30-13-7-8-20(30)23(32)29-22(16(4)6-2)24(33)28-19(26(35)36)14-17-9-11-18(31)12-10-17/h9-12,15-16,19-22,31H,5-8,13-14,27H2,1-4H3,(H,28,33)(H,29,32)(H,35,36). The van der Waals surface area contributed by atoms with Crippen LogP contribution in [0.15, 0.2) is 24.3 Å². The molecule has 0 bridgehead atoms. The van der Waals surface area contributed by atoms with Crippen molar-refractivity contribution in [3.05, 3.63) is 29.8 Å². The fourth-order valence-corrected chi connectivity index (χ4v) is 4.27. The minimum Gasteiger partial charge on any atom is -0.508 e. The molecule has 2 rings (SSSR count). The van der Waals surface area contributed by atoms with Gasteiger partial charge >= 0.3 is 5.97 Å². The second-order valence-electron chi connectivity index (χ2n) is 9.74. The molecule has 10 nitrogen and oxygen atoms in total. The van der Waals surface area contributed by atoms with Crippen molar-refractivity contribution in [2.75, 3.05) is 6.54 Å². The average molecular weight is 505 g/mol. The van der Waals surface area contributed by atoms with Crippen molar-refractivity contribution in [3.8, 4) is 5.75 Å². The van der Waals surface area contributed by atoms with Crippen LogP contribution >= 0.6 is 0 Å².